The van der Waals surface area contributed by atoms with Gasteiger partial charge in [0.1, 0.15) is 6.04 Å². The Bertz CT molecular complexity index is 1180. The first-order chi connectivity index (χ1) is 20.0. The van der Waals surface area contributed by atoms with E-state index in [1.54, 1.807) is 29.2 Å². The van der Waals surface area contributed by atoms with E-state index >= 15 is 0 Å². The molecule has 2 amide bonds. The highest BCUT2D eigenvalue weighted by Crippen LogP contribution is 2.29. The van der Waals surface area contributed by atoms with Gasteiger partial charge in [0.15, 0.2) is 0 Å². The number of anilines is 1. The Balaban J connectivity index is 1.22. The number of hydrogen-bond acceptors (Lipinski definition) is 5. The largest absolute Gasteiger partial charge is 0.464 e. The Kier molecular flexibility index (Phi) is 11.3. The first-order valence-corrected chi connectivity index (χ1v) is 15.1. The maximum absolute atomic E-state index is 13.4. The third kappa shape index (κ3) is 8.38. The second kappa shape index (κ2) is 15.3. The van der Waals surface area contributed by atoms with Crippen molar-refractivity contribution in [2.45, 2.75) is 83.1 Å². The number of likely N-dealkylation sites (tertiary alicyclic amines) is 1. The lowest BCUT2D eigenvalue weighted by Crippen LogP contribution is -2.53. The maximum Gasteiger partial charge on any atom is 0.328 e. The van der Waals surface area contributed by atoms with Crippen LogP contribution in [-0.2, 0) is 9.53 Å². The molecule has 1 aromatic carbocycles. The molecule has 7 nitrogen and oxygen atoms in total. The van der Waals surface area contributed by atoms with Crippen LogP contribution in [0.2, 0.25) is 0 Å². The van der Waals surface area contributed by atoms with Crippen LogP contribution in [0.25, 0.3) is 0 Å². The number of urea groups is 1. The molecule has 1 aliphatic heterocycles. The number of unbranched alkanes of at least 4 members (excludes halogenated alkanes) is 3. The van der Waals surface area contributed by atoms with Gasteiger partial charge in [0.25, 0.3) is 0 Å². The van der Waals surface area contributed by atoms with Crippen molar-refractivity contribution in [1.82, 2.24) is 14.9 Å². The molecule has 0 N–H and O–H groups in total. The average molecular weight is 557 g/mol. The molecule has 2 aromatic heterocycles. The minimum Gasteiger partial charge on any atom is -0.464 e. The van der Waals surface area contributed by atoms with E-state index in [0.717, 1.165) is 50.6 Å². The van der Waals surface area contributed by atoms with Crippen molar-refractivity contribution >= 4 is 17.7 Å². The lowest BCUT2D eigenvalue weighted by molar-refractivity contribution is -0.150. The lowest BCUT2D eigenvalue weighted by atomic mass is 9.88. The van der Waals surface area contributed by atoms with Gasteiger partial charge in [-0.1, -0.05) is 57.4 Å². The molecule has 7 heteroatoms. The number of pyridine rings is 2. The number of nitrogens with zero attached hydrogens (tertiary/aromatic N) is 4. The molecule has 1 fully saturated rings. The summed E-state index contributed by atoms with van der Waals surface area (Å²) in [5.74, 6) is 0.424. The van der Waals surface area contributed by atoms with Gasteiger partial charge in [0, 0.05) is 50.0 Å². The standard InChI is InChI=1S/C34H44N4O3/c1-26(2)27-16-18-30(19-17-27)37(3)34(40)38-22-8-7-15-32(38)33(39)41-23-9-5-4-6-14-31(28-12-10-20-35-24-28)29-13-11-21-36-25-29/h10-13,16-21,24-26,31-32H,4-9,14-15,22-23H2,1-3H3/t32-/m0/s1. The SMILES string of the molecule is CC(C)c1ccc(N(C)C(=O)N2CCCC[C@H]2C(=O)OCCCCCCC(c2cccnc2)c2cccnc2)cc1. The summed E-state index contributed by atoms with van der Waals surface area (Å²) in [7, 11) is 1.77. The van der Waals surface area contributed by atoms with Crippen LogP contribution in [0.5, 0.6) is 0 Å². The van der Waals surface area contributed by atoms with Crippen LogP contribution >= 0.6 is 0 Å². The van der Waals surface area contributed by atoms with Gasteiger partial charge < -0.3 is 9.64 Å². The Labute approximate surface area is 245 Å². The van der Waals surface area contributed by atoms with Crippen molar-refractivity contribution in [1.29, 1.82) is 0 Å². The van der Waals surface area contributed by atoms with Gasteiger partial charge >= 0.3 is 12.0 Å². The number of rotatable bonds is 12. The van der Waals surface area contributed by atoms with Crippen LogP contribution in [0.1, 0.15) is 93.7 Å². The first kappa shape index (κ1) is 30.2. The highest BCUT2D eigenvalue weighted by atomic mass is 16.5. The number of piperidine rings is 1. The van der Waals surface area contributed by atoms with Crippen LogP contribution in [0.15, 0.2) is 73.3 Å². The molecule has 0 spiro atoms. The molecule has 4 rings (SSSR count). The fourth-order valence-electron chi connectivity index (χ4n) is 5.55. The van der Waals surface area contributed by atoms with Crippen LogP contribution in [0.4, 0.5) is 10.5 Å². The second-order valence-corrected chi connectivity index (χ2v) is 11.3. The molecule has 1 saturated heterocycles. The monoisotopic (exact) mass is 556 g/mol. The molecule has 0 aliphatic carbocycles. The van der Waals surface area contributed by atoms with Gasteiger partial charge in [-0.2, -0.15) is 0 Å². The molecular weight excluding hydrogens is 512 g/mol. The number of ether oxygens (including phenoxy) is 1. The van der Waals surface area contributed by atoms with E-state index in [1.165, 1.54) is 16.7 Å². The summed E-state index contributed by atoms with van der Waals surface area (Å²) in [5.41, 5.74) is 4.47. The molecule has 218 valence electrons. The zero-order valence-corrected chi connectivity index (χ0v) is 24.7. The molecule has 1 atom stereocenters. The Morgan fingerprint density at radius 2 is 1.56 bits per heavy atom. The summed E-state index contributed by atoms with van der Waals surface area (Å²) in [6, 6.07) is 15.6. The molecule has 0 unspecified atom stereocenters. The number of amides is 2. The fourth-order valence-corrected chi connectivity index (χ4v) is 5.55. The number of esters is 1. The molecule has 41 heavy (non-hydrogen) atoms. The van der Waals surface area contributed by atoms with E-state index in [0.29, 0.717) is 25.5 Å². The van der Waals surface area contributed by atoms with Crippen LogP contribution < -0.4 is 4.90 Å². The fraction of sp³-hybridized carbons (Fsp3) is 0.471. The Morgan fingerprint density at radius 3 is 2.17 bits per heavy atom. The van der Waals surface area contributed by atoms with Crippen molar-refractivity contribution in [3.05, 3.63) is 90.0 Å². The molecule has 3 heterocycles. The highest BCUT2D eigenvalue weighted by Gasteiger charge is 2.35. The minimum absolute atomic E-state index is 0.152. The quantitative estimate of drug-likeness (QED) is 0.172. The summed E-state index contributed by atoms with van der Waals surface area (Å²) in [6.45, 7) is 5.26. The molecule has 1 aliphatic rings. The van der Waals surface area contributed by atoms with Crippen molar-refractivity contribution in [3.63, 3.8) is 0 Å². The third-order valence-electron chi connectivity index (χ3n) is 8.06. The number of aromatic nitrogens is 2. The third-order valence-corrected chi connectivity index (χ3v) is 8.06. The van der Waals surface area contributed by atoms with Crippen LogP contribution in [0, 0.1) is 0 Å². The zero-order chi connectivity index (χ0) is 29.0. The number of carbonyl (C=O) groups is 2. The predicted octanol–water partition coefficient (Wildman–Crippen LogP) is 7.34. The molecule has 0 saturated carbocycles. The van der Waals surface area contributed by atoms with Crippen molar-refractivity contribution in [2.75, 3.05) is 25.1 Å². The summed E-state index contributed by atoms with van der Waals surface area (Å²) in [4.78, 5) is 38.4. The van der Waals surface area contributed by atoms with E-state index in [-0.39, 0.29) is 17.9 Å². The zero-order valence-electron chi connectivity index (χ0n) is 24.7. The summed E-state index contributed by atoms with van der Waals surface area (Å²) >= 11 is 0. The van der Waals surface area contributed by atoms with E-state index < -0.39 is 6.04 Å². The summed E-state index contributed by atoms with van der Waals surface area (Å²) in [6.07, 6.45) is 14.9. The van der Waals surface area contributed by atoms with E-state index in [1.807, 2.05) is 36.7 Å². The summed E-state index contributed by atoms with van der Waals surface area (Å²) in [5, 5.41) is 0. The van der Waals surface area contributed by atoms with Gasteiger partial charge in [-0.3, -0.25) is 14.9 Å². The first-order valence-electron chi connectivity index (χ1n) is 15.1. The minimum atomic E-state index is -0.520. The lowest BCUT2D eigenvalue weighted by Gasteiger charge is -2.36. The number of benzene rings is 1. The predicted molar refractivity (Wildman–Crippen MR) is 163 cm³/mol. The van der Waals surface area contributed by atoms with Gasteiger partial charge in [-0.15, -0.1) is 0 Å². The van der Waals surface area contributed by atoms with Gasteiger partial charge in [0.05, 0.1) is 6.61 Å². The topological polar surface area (TPSA) is 75.6 Å². The summed E-state index contributed by atoms with van der Waals surface area (Å²) < 4.78 is 5.69. The smallest absolute Gasteiger partial charge is 0.328 e. The van der Waals surface area contributed by atoms with Crippen LogP contribution in [-0.4, -0.2) is 53.1 Å². The Morgan fingerprint density at radius 1 is 0.902 bits per heavy atom. The van der Waals surface area contributed by atoms with Gasteiger partial charge in [-0.25, -0.2) is 9.59 Å². The number of carbonyl (C=O) groups excluding carboxylic acids is 2. The average Bonchev–Trinajstić information content (AvgIpc) is 3.02. The maximum atomic E-state index is 13.4. The van der Waals surface area contributed by atoms with E-state index in [2.05, 4.69) is 48.1 Å². The molecular formula is C34H44N4O3. The normalized spacial score (nSPS) is 15.2. The second-order valence-electron chi connectivity index (χ2n) is 11.3. The van der Waals surface area contributed by atoms with Gasteiger partial charge in [-0.05, 0) is 79.0 Å². The number of hydrogen-bond donors (Lipinski definition) is 0. The van der Waals surface area contributed by atoms with Gasteiger partial charge in [0.2, 0.25) is 0 Å². The molecule has 0 radical (unpaired) electrons. The van der Waals surface area contributed by atoms with Crippen LogP contribution in [0.3, 0.4) is 0 Å². The van der Waals surface area contributed by atoms with E-state index in [9.17, 15) is 9.59 Å². The van der Waals surface area contributed by atoms with Crippen molar-refractivity contribution < 1.29 is 14.3 Å². The van der Waals surface area contributed by atoms with Crippen molar-refractivity contribution in [2.24, 2.45) is 0 Å². The highest BCUT2D eigenvalue weighted by molar-refractivity contribution is 5.94. The van der Waals surface area contributed by atoms with Crippen molar-refractivity contribution in [3.8, 4) is 0 Å². The molecule has 0 bridgehead atoms. The van der Waals surface area contributed by atoms with E-state index in [4.69, 9.17) is 4.74 Å². The molecule has 3 aromatic rings. The Hall–Kier alpha value is -3.74.